The second kappa shape index (κ2) is 5.85. The van der Waals surface area contributed by atoms with Gasteiger partial charge in [0.05, 0.1) is 5.56 Å². The lowest BCUT2D eigenvalue weighted by atomic mass is 10.1. The van der Waals surface area contributed by atoms with Crippen molar-refractivity contribution in [2.24, 2.45) is 7.05 Å². The van der Waals surface area contributed by atoms with E-state index >= 15 is 0 Å². The van der Waals surface area contributed by atoms with Crippen molar-refractivity contribution in [3.63, 3.8) is 0 Å². The number of phenols is 1. The van der Waals surface area contributed by atoms with Crippen LogP contribution in [0.2, 0.25) is 5.02 Å². The number of Topliss-reactive ketones (excluding diaryl/α,β-unsaturated/α-hetero) is 1. The van der Waals surface area contributed by atoms with Gasteiger partial charge >= 0.3 is 0 Å². The van der Waals surface area contributed by atoms with Gasteiger partial charge in [0.2, 0.25) is 0 Å². The van der Waals surface area contributed by atoms with E-state index in [-0.39, 0.29) is 17.1 Å². The van der Waals surface area contributed by atoms with Crippen molar-refractivity contribution in [2.75, 3.05) is 0 Å². The van der Waals surface area contributed by atoms with Gasteiger partial charge in [-0.2, -0.15) is 0 Å². The SMILES string of the molecule is CC(=O)c1cc(Cl)cc(CSc2nnc(C)n2C)c1O. The molecule has 0 bridgehead atoms. The summed E-state index contributed by atoms with van der Waals surface area (Å²) in [5.41, 5.74) is 0.843. The molecule has 0 aliphatic rings. The molecule has 0 saturated heterocycles. The van der Waals surface area contributed by atoms with Gasteiger partial charge in [0.1, 0.15) is 11.6 Å². The lowest BCUT2D eigenvalue weighted by Gasteiger charge is -2.08. The number of thioether (sulfide) groups is 1. The fraction of sp³-hybridized carbons (Fsp3) is 0.308. The van der Waals surface area contributed by atoms with Crippen LogP contribution in [0, 0.1) is 6.92 Å². The minimum absolute atomic E-state index is 0.0201. The van der Waals surface area contributed by atoms with Gasteiger partial charge in [0, 0.05) is 23.4 Å². The first kappa shape index (κ1) is 14.9. The molecule has 0 amide bonds. The van der Waals surface area contributed by atoms with E-state index in [4.69, 9.17) is 11.6 Å². The molecule has 0 spiro atoms. The Kier molecular flexibility index (Phi) is 4.35. The van der Waals surface area contributed by atoms with Crippen LogP contribution in [-0.2, 0) is 12.8 Å². The highest BCUT2D eigenvalue weighted by molar-refractivity contribution is 7.98. The third kappa shape index (κ3) is 2.96. The maximum Gasteiger partial charge on any atom is 0.191 e. The number of nitrogens with zero attached hydrogens (tertiary/aromatic N) is 3. The number of aromatic hydroxyl groups is 1. The summed E-state index contributed by atoms with van der Waals surface area (Å²) in [5.74, 6) is 1.03. The normalized spacial score (nSPS) is 10.8. The van der Waals surface area contributed by atoms with Crippen LogP contribution in [0.1, 0.15) is 28.7 Å². The van der Waals surface area contributed by atoms with E-state index < -0.39 is 0 Å². The molecule has 1 aromatic heterocycles. The lowest BCUT2D eigenvalue weighted by Crippen LogP contribution is -1.97. The van der Waals surface area contributed by atoms with E-state index in [0.29, 0.717) is 16.3 Å². The van der Waals surface area contributed by atoms with Crippen LogP contribution in [0.5, 0.6) is 5.75 Å². The molecule has 0 fully saturated rings. The number of aromatic nitrogens is 3. The molecule has 20 heavy (non-hydrogen) atoms. The maximum absolute atomic E-state index is 11.5. The van der Waals surface area contributed by atoms with Crippen molar-refractivity contribution in [1.82, 2.24) is 14.8 Å². The Labute approximate surface area is 126 Å². The first-order valence-electron chi connectivity index (χ1n) is 5.91. The third-order valence-electron chi connectivity index (χ3n) is 2.94. The van der Waals surface area contributed by atoms with Gasteiger partial charge in [-0.25, -0.2) is 0 Å². The quantitative estimate of drug-likeness (QED) is 0.694. The number of ketones is 1. The number of carbonyl (C=O) groups is 1. The van der Waals surface area contributed by atoms with E-state index in [1.807, 2.05) is 18.5 Å². The Morgan fingerprint density at radius 2 is 2.15 bits per heavy atom. The Hall–Kier alpha value is -1.53. The smallest absolute Gasteiger partial charge is 0.191 e. The second-order valence-corrected chi connectivity index (χ2v) is 5.77. The first-order chi connectivity index (χ1) is 9.40. The van der Waals surface area contributed by atoms with E-state index in [2.05, 4.69) is 10.2 Å². The molecule has 5 nitrogen and oxygen atoms in total. The molecule has 106 valence electrons. The fourth-order valence-corrected chi connectivity index (χ4v) is 2.86. The number of benzene rings is 1. The standard InChI is InChI=1S/C13H14ClN3O2S/c1-7(18)11-5-10(14)4-9(12(11)19)6-20-13-16-15-8(2)17(13)3/h4-5,19H,6H2,1-3H3. The minimum Gasteiger partial charge on any atom is -0.507 e. The van der Waals surface area contributed by atoms with Gasteiger partial charge < -0.3 is 9.67 Å². The van der Waals surface area contributed by atoms with Crippen LogP contribution < -0.4 is 0 Å². The molecule has 0 atom stereocenters. The van der Waals surface area contributed by atoms with E-state index in [1.54, 1.807) is 6.07 Å². The molecule has 0 aliphatic heterocycles. The molecular weight excluding hydrogens is 298 g/mol. The number of rotatable bonds is 4. The Bertz CT molecular complexity index is 670. The zero-order valence-corrected chi connectivity index (χ0v) is 12.9. The highest BCUT2D eigenvalue weighted by Gasteiger charge is 2.14. The Balaban J connectivity index is 2.26. The predicted octanol–water partition coefficient (Wildman–Crippen LogP) is 2.98. The number of carbonyl (C=O) groups excluding carboxylic acids is 1. The number of aryl methyl sites for hydroxylation is 1. The van der Waals surface area contributed by atoms with Crippen LogP contribution in [-0.4, -0.2) is 25.7 Å². The van der Waals surface area contributed by atoms with Gasteiger partial charge in [-0.3, -0.25) is 4.79 Å². The summed E-state index contributed by atoms with van der Waals surface area (Å²) in [6.07, 6.45) is 0. The number of hydrogen-bond donors (Lipinski definition) is 1. The summed E-state index contributed by atoms with van der Waals surface area (Å²) in [6.45, 7) is 3.26. The summed E-state index contributed by atoms with van der Waals surface area (Å²) < 4.78 is 1.86. The van der Waals surface area contributed by atoms with Crippen LogP contribution in [0.4, 0.5) is 0 Å². The van der Waals surface area contributed by atoms with Gasteiger partial charge in [-0.05, 0) is 26.0 Å². The Morgan fingerprint density at radius 3 is 2.70 bits per heavy atom. The van der Waals surface area contributed by atoms with Gasteiger partial charge in [-0.1, -0.05) is 23.4 Å². The van der Waals surface area contributed by atoms with Gasteiger partial charge in [0.25, 0.3) is 0 Å². The molecule has 1 aromatic carbocycles. The van der Waals surface area contributed by atoms with Crippen molar-refractivity contribution >= 4 is 29.1 Å². The monoisotopic (exact) mass is 311 g/mol. The number of hydrogen-bond acceptors (Lipinski definition) is 5. The molecule has 0 saturated carbocycles. The molecule has 0 aliphatic carbocycles. The van der Waals surface area contributed by atoms with Crippen LogP contribution in [0.3, 0.4) is 0 Å². The molecule has 1 N–H and O–H groups in total. The lowest BCUT2D eigenvalue weighted by molar-refractivity contribution is 0.101. The number of phenolic OH excluding ortho intramolecular Hbond substituents is 1. The topological polar surface area (TPSA) is 68.0 Å². The fourth-order valence-electron chi connectivity index (χ4n) is 1.69. The Morgan fingerprint density at radius 1 is 1.45 bits per heavy atom. The summed E-state index contributed by atoms with van der Waals surface area (Å²) in [7, 11) is 1.87. The molecule has 0 unspecified atom stereocenters. The van der Waals surface area contributed by atoms with E-state index in [1.165, 1.54) is 24.8 Å². The summed E-state index contributed by atoms with van der Waals surface area (Å²) in [6, 6.07) is 3.12. The van der Waals surface area contributed by atoms with Crippen LogP contribution in [0.25, 0.3) is 0 Å². The van der Waals surface area contributed by atoms with E-state index in [0.717, 1.165) is 11.0 Å². The van der Waals surface area contributed by atoms with Gasteiger partial charge in [-0.15, -0.1) is 10.2 Å². The summed E-state index contributed by atoms with van der Waals surface area (Å²) in [5, 5.41) is 19.3. The van der Waals surface area contributed by atoms with Crippen LogP contribution in [0.15, 0.2) is 17.3 Å². The number of halogens is 1. The highest BCUT2D eigenvalue weighted by Crippen LogP contribution is 2.32. The van der Waals surface area contributed by atoms with E-state index in [9.17, 15) is 9.90 Å². The van der Waals surface area contributed by atoms with Crippen LogP contribution >= 0.6 is 23.4 Å². The summed E-state index contributed by atoms with van der Waals surface area (Å²) >= 11 is 7.40. The predicted molar refractivity (Wildman–Crippen MR) is 78.4 cm³/mol. The van der Waals surface area contributed by atoms with Crippen molar-refractivity contribution in [2.45, 2.75) is 24.8 Å². The minimum atomic E-state index is -0.217. The highest BCUT2D eigenvalue weighted by atomic mass is 35.5. The summed E-state index contributed by atoms with van der Waals surface area (Å²) in [4.78, 5) is 11.5. The molecule has 0 radical (unpaired) electrons. The molecular formula is C13H14ClN3O2S. The maximum atomic E-state index is 11.5. The second-order valence-electron chi connectivity index (χ2n) is 4.39. The van der Waals surface area contributed by atoms with Crippen molar-refractivity contribution < 1.29 is 9.90 Å². The first-order valence-corrected chi connectivity index (χ1v) is 7.27. The molecule has 1 heterocycles. The third-order valence-corrected chi connectivity index (χ3v) is 4.23. The zero-order chi connectivity index (χ0) is 14.9. The zero-order valence-electron chi connectivity index (χ0n) is 11.3. The van der Waals surface area contributed by atoms with Crippen molar-refractivity contribution in [3.8, 4) is 5.75 Å². The largest absolute Gasteiger partial charge is 0.507 e. The van der Waals surface area contributed by atoms with Crippen molar-refractivity contribution in [1.29, 1.82) is 0 Å². The molecule has 2 aromatic rings. The van der Waals surface area contributed by atoms with Gasteiger partial charge in [0.15, 0.2) is 10.9 Å². The average Bonchev–Trinajstić information content (AvgIpc) is 2.70. The molecule has 7 heteroatoms. The average molecular weight is 312 g/mol. The molecule has 2 rings (SSSR count). The van der Waals surface area contributed by atoms with Crippen molar-refractivity contribution in [3.05, 3.63) is 34.1 Å².